The van der Waals surface area contributed by atoms with E-state index in [2.05, 4.69) is 31.3 Å². The van der Waals surface area contributed by atoms with Crippen LogP contribution < -0.4 is 10.6 Å². The molecule has 0 bridgehead atoms. The van der Waals surface area contributed by atoms with Crippen molar-refractivity contribution in [2.45, 2.75) is 26.8 Å². The molecule has 25 heavy (non-hydrogen) atoms. The summed E-state index contributed by atoms with van der Waals surface area (Å²) in [5.74, 6) is 0.259. The summed E-state index contributed by atoms with van der Waals surface area (Å²) in [7, 11) is 0. The normalized spacial score (nSPS) is 12.0. The maximum Gasteiger partial charge on any atom is 0.279 e. The van der Waals surface area contributed by atoms with E-state index >= 15 is 0 Å². The number of carbonyl (C=O) groups excluding carboxylic acids is 1. The summed E-state index contributed by atoms with van der Waals surface area (Å²) in [5, 5.41) is 15.6. The van der Waals surface area contributed by atoms with E-state index in [4.69, 9.17) is 0 Å². The summed E-state index contributed by atoms with van der Waals surface area (Å²) >= 11 is 0. The number of nitrogens with two attached hydrogens (primary N) is 1. The molecule has 1 atom stereocenters. The topological polar surface area (TPSA) is 88.9 Å². The Hall–Kier alpha value is -2.73. The quantitative estimate of drug-likeness (QED) is 0.599. The third-order valence-corrected chi connectivity index (χ3v) is 4.15. The standard InChI is InChI=1S/C19H23N3O3/c1-13(2)19(15-7-5-4-6-8-15)20-12-18(23)21-17-10-9-16(22(24)25)11-14(17)3/h4-11,13,19-20H,12H2,1-3H3,(H,21,23)/p+1/t19-/m0/s1. The van der Waals surface area contributed by atoms with Gasteiger partial charge < -0.3 is 10.6 Å². The third kappa shape index (κ3) is 5.12. The molecular weight excluding hydrogens is 318 g/mol. The molecule has 6 nitrogen and oxygen atoms in total. The van der Waals surface area contributed by atoms with Crippen LogP contribution in [0.3, 0.4) is 0 Å². The van der Waals surface area contributed by atoms with Crippen molar-refractivity contribution < 1.29 is 15.0 Å². The highest BCUT2D eigenvalue weighted by atomic mass is 16.6. The maximum absolute atomic E-state index is 12.3. The highest BCUT2D eigenvalue weighted by molar-refractivity contribution is 5.92. The Balaban J connectivity index is 1.99. The van der Waals surface area contributed by atoms with E-state index < -0.39 is 4.92 Å². The fourth-order valence-corrected chi connectivity index (χ4v) is 2.81. The maximum atomic E-state index is 12.3. The third-order valence-electron chi connectivity index (χ3n) is 4.15. The number of carbonyl (C=O) groups is 1. The molecule has 2 aromatic carbocycles. The highest BCUT2D eigenvalue weighted by Gasteiger charge is 2.20. The summed E-state index contributed by atoms with van der Waals surface area (Å²) in [6.45, 7) is 6.29. The smallest absolute Gasteiger partial charge is 0.279 e. The molecule has 2 rings (SSSR count). The first-order chi connectivity index (χ1) is 11.9. The van der Waals surface area contributed by atoms with Gasteiger partial charge in [-0.05, 0) is 18.6 Å². The monoisotopic (exact) mass is 342 g/mol. The molecule has 0 spiro atoms. The van der Waals surface area contributed by atoms with Gasteiger partial charge in [-0.3, -0.25) is 14.9 Å². The van der Waals surface area contributed by atoms with Gasteiger partial charge in [0.05, 0.1) is 4.92 Å². The lowest BCUT2D eigenvalue weighted by molar-refractivity contribution is -0.692. The Morgan fingerprint density at radius 3 is 2.44 bits per heavy atom. The number of nitro benzene ring substituents is 1. The second-order valence-corrected chi connectivity index (χ2v) is 6.42. The predicted octanol–water partition coefficient (Wildman–Crippen LogP) is 2.80. The fourth-order valence-electron chi connectivity index (χ4n) is 2.81. The van der Waals surface area contributed by atoms with Crippen LogP contribution in [0.4, 0.5) is 11.4 Å². The Bertz CT molecular complexity index is 745. The number of hydrogen-bond donors (Lipinski definition) is 2. The number of quaternary nitrogens is 1. The van der Waals surface area contributed by atoms with Gasteiger partial charge in [0.1, 0.15) is 6.04 Å². The number of nitrogens with zero attached hydrogens (tertiary/aromatic N) is 1. The van der Waals surface area contributed by atoms with E-state index in [1.165, 1.54) is 17.7 Å². The molecule has 1 amide bonds. The fraction of sp³-hybridized carbons (Fsp3) is 0.316. The Morgan fingerprint density at radius 1 is 1.20 bits per heavy atom. The number of non-ortho nitro benzene ring substituents is 1. The summed E-state index contributed by atoms with van der Waals surface area (Å²) in [6, 6.07) is 14.7. The lowest BCUT2D eigenvalue weighted by Gasteiger charge is -2.19. The van der Waals surface area contributed by atoms with Gasteiger partial charge in [0, 0.05) is 29.3 Å². The van der Waals surface area contributed by atoms with E-state index in [-0.39, 0.29) is 24.2 Å². The average molecular weight is 342 g/mol. The molecule has 0 heterocycles. The van der Waals surface area contributed by atoms with Gasteiger partial charge in [0.15, 0.2) is 6.54 Å². The van der Waals surface area contributed by atoms with Crippen LogP contribution in [-0.2, 0) is 4.79 Å². The van der Waals surface area contributed by atoms with Crippen molar-refractivity contribution in [3.8, 4) is 0 Å². The number of anilines is 1. The van der Waals surface area contributed by atoms with Crippen molar-refractivity contribution in [3.63, 3.8) is 0 Å². The van der Waals surface area contributed by atoms with E-state index in [9.17, 15) is 14.9 Å². The predicted molar refractivity (Wildman–Crippen MR) is 97.3 cm³/mol. The van der Waals surface area contributed by atoms with Gasteiger partial charge in [-0.1, -0.05) is 44.2 Å². The van der Waals surface area contributed by atoms with Crippen LogP contribution in [0.1, 0.15) is 31.0 Å². The van der Waals surface area contributed by atoms with Crippen molar-refractivity contribution in [1.29, 1.82) is 0 Å². The van der Waals surface area contributed by atoms with E-state index in [0.29, 0.717) is 17.2 Å². The minimum absolute atomic E-state index is 0.0195. The summed E-state index contributed by atoms with van der Waals surface area (Å²) in [5.41, 5.74) is 2.48. The molecule has 0 fully saturated rings. The van der Waals surface area contributed by atoms with Crippen LogP contribution in [0, 0.1) is 23.0 Å². The molecule has 6 heteroatoms. The molecule has 0 radical (unpaired) electrons. The van der Waals surface area contributed by atoms with Crippen molar-refractivity contribution >= 4 is 17.3 Å². The minimum atomic E-state index is -0.445. The Labute approximate surface area is 147 Å². The second-order valence-electron chi connectivity index (χ2n) is 6.42. The molecule has 0 saturated carbocycles. The van der Waals surface area contributed by atoms with Crippen LogP contribution >= 0.6 is 0 Å². The first kappa shape index (κ1) is 18.6. The van der Waals surface area contributed by atoms with Crippen molar-refractivity contribution in [2.24, 2.45) is 5.92 Å². The lowest BCUT2D eigenvalue weighted by Crippen LogP contribution is -2.88. The zero-order chi connectivity index (χ0) is 18.4. The highest BCUT2D eigenvalue weighted by Crippen LogP contribution is 2.21. The van der Waals surface area contributed by atoms with Crippen molar-refractivity contribution in [2.75, 3.05) is 11.9 Å². The number of rotatable bonds is 7. The van der Waals surface area contributed by atoms with Gasteiger partial charge in [-0.2, -0.15) is 0 Å². The molecular formula is C19H24N3O3+. The number of nitro groups is 1. The van der Waals surface area contributed by atoms with Crippen LogP contribution in [0.2, 0.25) is 0 Å². The van der Waals surface area contributed by atoms with E-state index in [1.54, 1.807) is 13.0 Å². The van der Waals surface area contributed by atoms with Crippen LogP contribution in [0.25, 0.3) is 0 Å². The zero-order valence-corrected chi connectivity index (χ0v) is 14.7. The van der Waals surface area contributed by atoms with Crippen LogP contribution in [0.5, 0.6) is 0 Å². The molecule has 0 saturated heterocycles. The summed E-state index contributed by atoms with van der Waals surface area (Å²) in [4.78, 5) is 22.6. The average Bonchev–Trinajstić information content (AvgIpc) is 2.57. The SMILES string of the molecule is Cc1cc([N+](=O)[O-])ccc1NC(=O)C[NH2+][C@H](c1ccccc1)C(C)C. The summed E-state index contributed by atoms with van der Waals surface area (Å²) in [6.07, 6.45) is 0. The van der Waals surface area contributed by atoms with Gasteiger partial charge >= 0.3 is 0 Å². The van der Waals surface area contributed by atoms with Gasteiger partial charge in [-0.25, -0.2) is 0 Å². The molecule has 0 unspecified atom stereocenters. The Kier molecular flexibility index (Phi) is 6.25. The first-order valence-corrected chi connectivity index (χ1v) is 8.31. The minimum Gasteiger partial charge on any atom is -0.332 e. The number of aryl methyl sites for hydroxylation is 1. The first-order valence-electron chi connectivity index (χ1n) is 8.31. The van der Waals surface area contributed by atoms with Crippen LogP contribution in [-0.4, -0.2) is 17.4 Å². The summed E-state index contributed by atoms with van der Waals surface area (Å²) < 4.78 is 0. The van der Waals surface area contributed by atoms with Crippen LogP contribution in [0.15, 0.2) is 48.5 Å². The van der Waals surface area contributed by atoms with Crippen molar-refractivity contribution in [3.05, 3.63) is 69.8 Å². The molecule has 0 aliphatic carbocycles. The van der Waals surface area contributed by atoms with Crippen molar-refractivity contribution in [1.82, 2.24) is 0 Å². The van der Waals surface area contributed by atoms with Gasteiger partial charge in [0.25, 0.3) is 11.6 Å². The molecule has 0 aliphatic heterocycles. The van der Waals surface area contributed by atoms with E-state index in [0.717, 1.165) is 0 Å². The molecule has 132 valence electrons. The van der Waals surface area contributed by atoms with Gasteiger partial charge in [-0.15, -0.1) is 0 Å². The second kappa shape index (κ2) is 8.39. The van der Waals surface area contributed by atoms with E-state index in [1.807, 2.05) is 23.5 Å². The number of benzene rings is 2. The zero-order valence-electron chi connectivity index (χ0n) is 14.7. The number of amides is 1. The molecule has 2 aromatic rings. The lowest BCUT2D eigenvalue weighted by atomic mass is 9.96. The largest absolute Gasteiger partial charge is 0.332 e. The number of nitrogens with one attached hydrogen (secondary N) is 1. The molecule has 3 N–H and O–H groups in total. The van der Waals surface area contributed by atoms with Gasteiger partial charge in [0.2, 0.25) is 0 Å². The Morgan fingerprint density at radius 2 is 1.88 bits per heavy atom. The number of hydrogen-bond acceptors (Lipinski definition) is 3. The molecule has 0 aromatic heterocycles. The molecule has 0 aliphatic rings.